The van der Waals surface area contributed by atoms with Crippen LogP contribution in [-0.4, -0.2) is 34.4 Å². The summed E-state index contributed by atoms with van der Waals surface area (Å²) in [5, 5.41) is 2.91. The highest BCUT2D eigenvalue weighted by Crippen LogP contribution is 2.16. The molecule has 3 aromatic rings. The number of aromatic nitrogens is 1. The molecule has 0 bridgehead atoms. The van der Waals surface area contributed by atoms with Gasteiger partial charge in [-0.2, -0.15) is 0 Å². The number of hydrogen-bond acceptors (Lipinski definition) is 3. The Morgan fingerprint density at radius 3 is 2.53 bits per heavy atom. The van der Waals surface area contributed by atoms with Crippen LogP contribution < -0.4 is 5.32 Å². The van der Waals surface area contributed by atoms with Gasteiger partial charge < -0.3 is 19.2 Å². The quantitative estimate of drug-likeness (QED) is 0.331. The molecule has 0 fully saturated rings. The minimum absolute atomic E-state index is 0.134. The van der Waals surface area contributed by atoms with Gasteiger partial charge >= 0.3 is 0 Å². The highest BCUT2D eigenvalue weighted by Gasteiger charge is 2.18. The van der Waals surface area contributed by atoms with Gasteiger partial charge in [-0.15, -0.1) is 0 Å². The van der Waals surface area contributed by atoms with Gasteiger partial charge in [0.15, 0.2) is 5.76 Å². The Balaban J connectivity index is 1.62. The predicted octanol–water partition coefficient (Wildman–Crippen LogP) is 5.63. The molecule has 0 aliphatic heterocycles. The van der Waals surface area contributed by atoms with Crippen LogP contribution in [0.3, 0.4) is 0 Å². The van der Waals surface area contributed by atoms with Crippen LogP contribution in [0.5, 0.6) is 0 Å². The maximum Gasteiger partial charge on any atom is 0.286 e. The predicted molar refractivity (Wildman–Crippen MR) is 130 cm³/mol. The van der Waals surface area contributed by atoms with Crippen LogP contribution in [0.25, 0.3) is 0 Å². The summed E-state index contributed by atoms with van der Waals surface area (Å²) < 4.78 is 21.0. The fourth-order valence-electron chi connectivity index (χ4n) is 3.83. The lowest BCUT2D eigenvalue weighted by Gasteiger charge is -2.23. The molecule has 182 valence electrons. The van der Waals surface area contributed by atoms with Gasteiger partial charge in [-0.3, -0.25) is 9.59 Å². The molecule has 1 N–H and O–H groups in total. The first kappa shape index (κ1) is 25.3. The van der Waals surface area contributed by atoms with Gasteiger partial charge in [0.25, 0.3) is 11.8 Å². The van der Waals surface area contributed by atoms with E-state index < -0.39 is 0 Å². The van der Waals surface area contributed by atoms with Gasteiger partial charge in [-0.1, -0.05) is 33.1 Å². The standard InChI is InChI=1S/C27H34FN3O3/c1-3-5-6-7-16-29-26(32)25-15-14-24(34-25)20-30-18-8-9-23(30)19-31(17-4-2)27(33)21-10-12-22(28)13-11-21/h8-15,18H,3-7,16-17,19-20H2,1-2H3,(H,29,32). The van der Waals surface area contributed by atoms with Crippen molar-refractivity contribution in [1.82, 2.24) is 14.8 Å². The molecule has 0 saturated heterocycles. The summed E-state index contributed by atoms with van der Waals surface area (Å²) in [7, 11) is 0. The van der Waals surface area contributed by atoms with Crippen molar-refractivity contribution in [3.63, 3.8) is 0 Å². The molecule has 0 atom stereocenters. The van der Waals surface area contributed by atoms with Crippen molar-refractivity contribution in [2.24, 2.45) is 0 Å². The lowest BCUT2D eigenvalue weighted by Crippen LogP contribution is -2.32. The summed E-state index contributed by atoms with van der Waals surface area (Å²) in [4.78, 5) is 27.1. The summed E-state index contributed by atoms with van der Waals surface area (Å²) in [6, 6.07) is 13.0. The van der Waals surface area contributed by atoms with Crippen molar-refractivity contribution in [3.8, 4) is 0 Å². The molecule has 2 heterocycles. The van der Waals surface area contributed by atoms with Crippen LogP contribution in [-0.2, 0) is 13.1 Å². The van der Waals surface area contributed by atoms with E-state index in [9.17, 15) is 14.0 Å². The molecule has 0 spiro atoms. The first-order valence-electron chi connectivity index (χ1n) is 12.1. The van der Waals surface area contributed by atoms with E-state index in [1.165, 1.54) is 30.7 Å². The number of halogens is 1. The Morgan fingerprint density at radius 1 is 1.00 bits per heavy atom. The van der Waals surface area contributed by atoms with Crippen LogP contribution in [0.1, 0.15) is 78.3 Å². The molecular weight excluding hydrogens is 433 g/mol. The second kappa shape index (κ2) is 12.8. The van der Waals surface area contributed by atoms with Gasteiger partial charge in [0.05, 0.1) is 13.1 Å². The Kier molecular flexibility index (Phi) is 9.50. The molecule has 0 unspecified atom stereocenters. The third-order valence-corrected chi connectivity index (χ3v) is 5.68. The molecule has 6 nitrogen and oxygen atoms in total. The minimum Gasteiger partial charge on any atom is -0.454 e. The average molecular weight is 468 g/mol. The number of unbranched alkanes of at least 4 members (excludes halogenated alkanes) is 3. The van der Waals surface area contributed by atoms with Crippen LogP contribution in [0.4, 0.5) is 4.39 Å². The molecule has 0 saturated carbocycles. The molecule has 2 amide bonds. The van der Waals surface area contributed by atoms with E-state index in [-0.39, 0.29) is 17.6 Å². The van der Waals surface area contributed by atoms with Crippen LogP contribution in [0.15, 0.2) is 59.1 Å². The van der Waals surface area contributed by atoms with Crippen LogP contribution >= 0.6 is 0 Å². The first-order valence-corrected chi connectivity index (χ1v) is 12.1. The maximum absolute atomic E-state index is 13.3. The molecule has 0 aliphatic rings. The molecule has 2 aromatic heterocycles. The van der Waals surface area contributed by atoms with Gasteiger partial charge in [0, 0.05) is 30.5 Å². The number of rotatable bonds is 13. The topological polar surface area (TPSA) is 67.5 Å². The number of nitrogens with one attached hydrogen (secondary N) is 1. The number of hydrogen-bond donors (Lipinski definition) is 1. The monoisotopic (exact) mass is 467 g/mol. The van der Waals surface area contributed by atoms with E-state index in [2.05, 4.69) is 12.2 Å². The van der Waals surface area contributed by atoms with Crippen molar-refractivity contribution >= 4 is 11.8 Å². The fraction of sp³-hybridized carbons (Fsp3) is 0.407. The van der Waals surface area contributed by atoms with Gasteiger partial charge in [0.1, 0.15) is 11.6 Å². The molecule has 3 rings (SSSR count). The highest BCUT2D eigenvalue weighted by atomic mass is 19.1. The van der Waals surface area contributed by atoms with Crippen molar-refractivity contribution in [1.29, 1.82) is 0 Å². The van der Waals surface area contributed by atoms with Gasteiger partial charge in [0.2, 0.25) is 0 Å². The summed E-state index contributed by atoms with van der Waals surface area (Å²) in [5.41, 5.74) is 1.41. The maximum atomic E-state index is 13.3. The Hall–Kier alpha value is -3.35. The first-order chi connectivity index (χ1) is 16.5. The average Bonchev–Trinajstić information content (AvgIpc) is 3.48. The van der Waals surface area contributed by atoms with E-state index in [1.807, 2.05) is 35.9 Å². The highest BCUT2D eigenvalue weighted by molar-refractivity contribution is 5.94. The largest absolute Gasteiger partial charge is 0.454 e. The zero-order valence-corrected chi connectivity index (χ0v) is 20.1. The number of benzene rings is 1. The van der Waals surface area contributed by atoms with E-state index >= 15 is 0 Å². The van der Waals surface area contributed by atoms with Crippen LogP contribution in [0, 0.1) is 5.82 Å². The number of amides is 2. The fourth-order valence-corrected chi connectivity index (χ4v) is 3.83. The Bertz CT molecular complexity index is 1060. The third-order valence-electron chi connectivity index (χ3n) is 5.68. The molecule has 34 heavy (non-hydrogen) atoms. The van der Waals surface area contributed by atoms with E-state index in [0.29, 0.717) is 43.3 Å². The smallest absolute Gasteiger partial charge is 0.286 e. The van der Waals surface area contributed by atoms with Crippen molar-refractivity contribution in [3.05, 3.63) is 83.3 Å². The third kappa shape index (κ3) is 7.07. The van der Waals surface area contributed by atoms with Gasteiger partial charge in [-0.25, -0.2) is 4.39 Å². The van der Waals surface area contributed by atoms with Crippen molar-refractivity contribution in [2.75, 3.05) is 13.1 Å². The Morgan fingerprint density at radius 2 is 1.79 bits per heavy atom. The van der Waals surface area contributed by atoms with Crippen molar-refractivity contribution < 1.29 is 18.4 Å². The summed E-state index contributed by atoms with van der Waals surface area (Å²) >= 11 is 0. The lowest BCUT2D eigenvalue weighted by molar-refractivity contribution is 0.0739. The molecule has 0 radical (unpaired) electrons. The van der Waals surface area contributed by atoms with Gasteiger partial charge in [-0.05, 0) is 61.4 Å². The molecule has 1 aromatic carbocycles. The summed E-state index contributed by atoms with van der Waals surface area (Å²) in [6.45, 7) is 6.28. The zero-order valence-electron chi connectivity index (χ0n) is 20.1. The molecular formula is C27H34FN3O3. The minimum atomic E-state index is -0.365. The number of carbonyl (C=O) groups is 2. The normalized spacial score (nSPS) is 10.9. The number of carbonyl (C=O) groups excluding carboxylic acids is 2. The van der Waals surface area contributed by atoms with E-state index in [1.54, 1.807) is 11.0 Å². The van der Waals surface area contributed by atoms with Crippen molar-refractivity contribution in [2.45, 2.75) is 59.0 Å². The lowest BCUT2D eigenvalue weighted by atomic mass is 10.2. The summed E-state index contributed by atoms with van der Waals surface area (Å²) in [5.74, 6) is 0.272. The second-order valence-corrected chi connectivity index (χ2v) is 8.44. The summed E-state index contributed by atoms with van der Waals surface area (Å²) in [6.07, 6.45) is 7.14. The van der Waals surface area contributed by atoms with E-state index in [4.69, 9.17) is 4.42 Å². The number of furan rings is 1. The Labute approximate surface area is 200 Å². The zero-order chi connectivity index (χ0) is 24.3. The molecule has 0 aliphatic carbocycles. The van der Waals surface area contributed by atoms with E-state index in [0.717, 1.165) is 31.4 Å². The van der Waals surface area contributed by atoms with Crippen LogP contribution in [0.2, 0.25) is 0 Å². The molecule has 7 heteroatoms. The second-order valence-electron chi connectivity index (χ2n) is 8.44. The SMILES string of the molecule is CCCCCCNC(=O)c1ccc(Cn2cccc2CN(CCC)C(=O)c2ccc(F)cc2)o1. The number of nitrogens with zero attached hydrogens (tertiary/aromatic N) is 2.